The van der Waals surface area contributed by atoms with Gasteiger partial charge >= 0.3 is 0 Å². The minimum Gasteiger partial charge on any atom is -0.384 e. The number of aromatic nitrogens is 1. The zero-order valence-corrected chi connectivity index (χ0v) is 9.78. The molecule has 0 saturated heterocycles. The third-order valence-electron chi connectivity index (χ3n) is 4.53. The molecule has 0 aromatic carbocycles. The Morgan fingerprint density at radius 1 is 1.19 bits per heavy atom. The van der Waals surface area contributed by atoms with Crippen molar-refractivity contribution in [3.05, 3.63) is 23.9 Å². The Morgan fingerprint density at radius 2 is 1.94 bits per heavy atom. The van der Waals surface area contributed by atoms with Crippen molar-refractivity contribution in [1.29, 1.82) is 0 Å². The van der Waals surface area contributed by atoms with Crippen molar-refractivity contribution >= 4 is 5.82 Å². The molecule has 0 atom stereocenters. The fourth-order valence-electron chi connectivity index (χ4n) is 3.48. The lowest BCUT2D eigenvalue weighted by Crippen LogP contribution is -2.23. The number of pyridine rings is 1. The molecule has 2 saturated carbocycles. The van der Waals surface area contributed by atoms with Crippen LogP contribution in [0.3, 0.4) is 0 Å². The first-order chi connectivity index (χ1) is 7.81. The fourth-order valence-corrected chi connectivity index (χ4v) is 3.48. The Bertz CT molecular complexity index is 376. The average molecular weight is 216 g/mol. The van der Waals surface area contributed by atoms with E-state index >= 15 is 0 Å². The van der Waals surface area contributed by atoms with Gasteiger partial charge in [0.25, 0.3) is 0 Å². The first-order valence-electron chi connectivity index (χ1n) is 6.53. The predicted octanol–water partition coefficient (Wildman–Crippen LogP) is 3.28. The van der Waals surface area contributed by atoms with Crippen LogP contribution >= 0.6 is 0 Å². The van der Waals surface area contributed by atoms with Gasteiger partial charge in [-0.15, -0.1) is 0 Å². The van der Waals surface area contributed by atoms with Crippen LogP contribution in [-0.4, -0.2) is 4.98 Å². The molecule has 3 rings (SSSR count). The molecular weight excluding hydrogens is 196 g/mol. The fraction of sp³-hybridized carbons (Fsp3) is 0.643. The van der Waals surface area contributed by atoms with Crippen molar-refractivity contribution in [2.45, 2.75) is 50.4 Å². The van der Waals surface area contributed by atoms with Gasteiger partial charge in [0.2, 0.25) is 0 Å². The molecule has 2 aliphatic carbocycles. The topological polar surface area (TPSA) is 38.9 Å². The summed E-state index contributed by atoms with van der Waals surface area (Å²) in [5.74, 6) is 1.59. The molecule has 86 valence electrons. The number of rotatable bonds is 2. The predicted molar refractivity (Wildman–Crippen MR) is 66.1 cm³/mol. The zero-order chi connectivity index (χ0) is 11.0. The maximum absolute atomic E-state index is 5.80. The van der Waals surface area contributed by atoms with Crippen LogP contribution in [-0.2, 0) is 5.41 Å². The second-order valence-electron chi connectivity index (χ2n) is 5.46. The van der Waals surface area contributed by atoms with E-state index in [9.17, 15) is 0 Å². The normalized spacial score (nSPS) is 24.2. The van der Waals surface area contributed by atoms with Gasteiger partial charge in [0.1, 0.15) is 5.82 Å². The Labute approximate surface area is 97.3 Å². The van der Waals surface area contributed by atoms with Crippen LogP contribution < -0.4 is 5.73 Å². The number of nitrogens with zero attached hydrogens (tertiary/aromatic N) is 1. The monoisotopic (exact) mass is 216 g/mol. The van der Waals surface area contributed by atoms with Crippen LogP contribution in [0.25, 0.3) is 0 Å². The second kappa shape index (κ2) is 3.76. The van der Waals surface area contributed by atoms with E-state index in [1.54, 1.807) is 0 Å². The highest BCUT2D eigenvalue weighted by atomic mass is 14.8. The Balaban J connectivity index is 1.87. The quantitative estimate of drug-likeness (QED) is 0.824. The largest absolute Gasteiger partial charge is 0.384 e. The van der Waals surface area contributed by atoms with E-state index in [0.717, 1.165) is 5.92 Å². The first kappa shape index (κ1) is 10.1. The molecule has 0 spiro atoms. The number of hydrogen-bond acceptors (Lipinski definition) is 2. The molecule has 0 bridgehead atoms. The number of hydrogen-bond donors (Lipinski definition) is 1. The minimum atomic E-state index is 0.484. The molecule has 16 heavy (non-hydrogen) atoms. The Hall–Kier alpha value is -1.05. The van der Waals surface area contributed by atoms with Crippen molar-refractivity contribution < 1.29 is 0 Å². The zero-order valence-electron chi connectivity index (χ0n) is 9.78. The first-order valence-corrected chi connectivity index (χ1v) is 6.53. The lowest BCUT2D eigenvalue weighted by atomic mass is 9.74. The lowest BCUT2D eigenvalue weighted by molar-refractivity contribution is 0.289. The summed E-state index contributed by atoms with van der Waals surface area (Å²) in [6.07, 6.45) is 11.7. The van der Waals surface area contributed by atoms with E-state index in [0.29, 0.717) is 11.2 Å². The van der Waals surface area contributed by atoms with Crippen LogP contribution in [0.1, 0.15) is 50.5 Å². The van der Waals surface area contributed by atoms with Gasteiger partial charge in [0.15, 0.2) is 0 Å². The van der Waals surface area contributed by atoms with Gasteiger partial charge in [-0.3, -0.25) is 0 Å². The van der Waals surface area contributed by atoms with E-state index in [2.05, 4.69) is 17.1 Å². The standard InChI is InChI=1S/C14H20N2/c15-13-10-12(6-9-16-13)14(7-8-14)11-4-2-1-3-5-11/h6,9-11H,1-5,7-8H2,(H2,15,16). The third kappa shape index (κ3) is 1.60. The molecule has 2 aliphatic rings. The molecule has 0 amide bonds. The highest BCUT2D eigenvalue weighted by Crippen LogP contribution is 2.57. The molecule has 2 fully saturated rings. The van der Waals surface area contributed by atoms with Gasteiger partial charge in [-0.2, -0.15) is 0 Å². The van der Waals surface area contributed by atoms with E-state index < -0.39 is 0 Å². The average Bonchev–Trinajstić information content (AvgIpc) is 3.11. The van der Waals surface area contributed by atoms with Crippen molar-refractivity contribution in [3.8, 4) is 0 Å². The van der Waals surface area contributed by atoms with Crippen molar-refractivity contribution in [2.75, 3.05) is 5.73 Å². The van der Waals surface area contributed by atoms with Crippen LogP contribution in [0.15, 0.2) is 18.3 Å². The summed E-state index contributed by atoms with van der Waals surface area (Å²) < 4.78 is 0. The van der Waals surface area contributed by atoms with Crippen molar-refractivity contribution in [3.63, 3.8) is 0 Å². The van der Waals surface area contributed by atoms with E-state index in [-0.39, 0.29) is 0 Å². The summed E-state index contributed by atoms with van der Waals surface area (Å²) in [4.78, 5) is 4.10. The Morgan fingerprint density at radius 3 is 2.56 bits per heavy atom. The summed E-state index contributed by atoms with van der Waals surface area (Å²) in [5.41, 5.74) is 7.74. The molecule has 2 nitrogen and oxygen atoms in total. The molecule has 0 radical (unpaired) electrons. The molecule has 0 aliphatic heterocycles. The Kier molecular flexibility index (Phi) is 2.38. The highest BCUT2D eigenvalue weighted by Gasteiger charge is 2.50. The van der Waals surface area contributed by atoms with Crippen molar-refractivity contribution in [1.82, 2.24) is 4.98 Å². The molecule has 2 heteroatoms. The second-order valence-corrected chi connectivity index (χ2v) is 5.46. The minimum absolute atomic E-state index is 0.484. The maximum Gasteiger partial charge on any atom is 0.123 e. The van der Waals surface area contributed by atoms with Gasteiger partial charge in [-0.25, -0.2) is 4.98 Å². The van der Waals surface area contributed by atoms with Crippen molar-refractivity contribution in [2.24, 2.45) is 5.92 Å². The molecule has 1 aromatic rings. The van der Waals surface area contributed by atoms with E-state index in [4.69, 9.17) is 5.73 Å². The summed E-state index contributed by atoms with van der Waals surface area (Å²) in [7, 11) is 0. The maximum atomic E-state index is 5.80. The van der Waals surface area contributed by atoms with Crippen LogP contribution in [0, 0.1) is 5.92 Å². The third-order valence-corrected chi connectivity index (χ3v) is 4.53. The summed E-state index contributed by atoms with van der Waals surface area (Å²) in [5, 5.41) is 0. The molecule has 2 N–H and O–H groups in total. The summed E-state index contributed by atoms with van der Waals surface area (Å²) in [6, 6.07) is 4.28. The number of nitrogens with two attached hydrogens (primary N) is 1. The number of nitrogen functional groups attached to an aromatic ring is 1. The van der Waals surface area contributed by atoms with Crippen LogP contribution in [0.4, 0.5) is 5.82 Å². The van der Waals surface area contributed by atoms with Gasteiger partial charge in [0.05, 0.1) is 0 Å². The summed E-state index contributed by atoms with van der Waals surface area (Å²) >= 11 is 0. The SMILES string of the molecule is Nc1cc(C2(C3CCCCC3)CC2)ccn1. The van der Waals surface area contributed by atoms with Gasteiger partial charge in [0, 0.05) is 6.20 Å². The molecule has 0 unspecified atom stereocenters. The lowest BCUT2D eigenvalue weighted by Gasteiger charge is -2.30. The summed E-state index contributed by atoms with van der Waals surface area (Å²) in [6.45, 7) is 0. The molecule has 1 aromatic heterocycles. The van der Waals surface area contributed by atoms with Gasteiger partial charge < -0.3 is 5.73 Å². The van der Waals surface area contributed by atoms with Crippen LogP contribution in [0.2, 0.25) is 0 Å². The van der Waals surface area contributed by atoms with E-state index in [1.165, 1.54) is 50.5 Å². The van der Waals surface area contributed by atoms with Gasteiger partial charge in [-0.1, -0.05) is 19.3 Å². The van der Waals surface area contributed by atoms with Gasteiger partial charge in [-0.05, 0) is 54.7 Å². The molecular formula is C14H20N2. The number of anilines is 1. The van der Waals surface area contributed by atoms with E-state index in [1.807, 2.05) is 6.20 Å². The smallest absolute Gasteiger partial charge is 0.123 e. The van der Waals surface area contributed by atoms with Crippen LogP contribution in [0.5, 0.6) is 0 Å². The molecule has 1 heterocycles. The highest BCUT2D eigenvalue weighted by molar-refractivity contribution is 5.40.